The minimum absolute atomic E-state index is 0.00520. The second-order valence-electron chi connectivity index (χ2n) is 11.4. The van der Waals surface area contributed by atoms with E-state index >= 15 is 0 Å². The van der Waals surface area contributed by atoms with E-state index in [4.69, 9.17) is 28.4 Å². The van der Waals surface area contributed by atoms with Crippen LogP contribution >= 0.6 is 0 Å². The van der Waals surface area contributed by atoms with Gasteiger partial charge in [-0.2, -0.15) is 0 Å². The average molecular weight is 538 g/mol. The van der Waals surface area contributed by atoms with Gasteiger partial charge < -0.3 is 23.9 Å². The third-order valence-electron chi connectivity index (χ3n) is 8.91. The molecule has 1 aliphatic carbocycles. The molecule has 5 fully saturated rings. The summed E-state index contributed by atoms with van der Waals surface area (Å²) in [6, 6.07) is 10.2. The van der Waals surface area contributed by atoms with Gasteiger partial charge in [0.15, 0.2) is 24.3 Å². The third kappa shape index (κ3) is 4.82. The molecule has 0 unspecified atom stereocenters. The lowest BCUT2D eigenvalue weighted by molar-refractivity contribution is -0.571. The Bertz CT molecular complexity index is 1230. The maximum atomic E-state index is 12.9. The summed E-state index contributed by atoms with van der Waals surface area (Å²) in [5.74, 6) is 0.627. The Morgan fingerprint density at radius 1 is 1.08 bits per heavy atom. The van der Waals surface area contributed by atoms with Crippen molar-refractivity contribution in [2.75, 3.05) is 6.61 Å². The molecule has 4 aliphatic heterocycles. The highest BCUT2D eigenvalue weighted by atomic mass is 17.3. The highest BCUT2D eigenvalue weighted by molar-refractivity contribution is 6.06. The lowest BCUT2D eigenvalue weighted by Crippen LogP contribution is -2.72. The van der Waals surface area contributed by atoms with Crippen LogP contribution in [0.25, 0.3) is 6.08 Å². The van der Waals surface area contributed by atoms with Crippen LogP contribution in [0.2, 0.25) is 0 Å². The van der Waals surface area contributed by atoms with Crippen molar-refractivity contribution in [1.82, 2.24) is 5.32 Å². The van der Waals surface area contributed by atoms with E-state index in [1.54, 1.807) is 48.7 Å². The molecular weight excluding hydrogens is 502 g/mol. The first-order valence-electron chi connectivity index (χ1n) is 13.8. The molecule has 39 heavy (non-hydrogen) atoms. The van der Waals surface area contributed by atoms with Crippen molar-refractivity contribution in [3.05, 3.63) is 60.1 Å². The molecule has 208 valence electrons. The summed E-state index contributed by atoms with van der Waals surface area (Å²) < 4.78 is 23.7. The highest BCUT2D eigenvalue weighted by Gasteiger charge is 2.69. The summed E-state index contributed by atoms with van der Waals surface area (Å²) in [5.41, 5.74) is -0.164. The molecule has 1 spiro atoms. The highest BCUT2D eigenvalue weighted by Crippen LogP contribution is 2.60. The van der Waals surface area contributed by atoms with Crippen molar-refractivity contribution in [3.8, 4) is 5.75 Å². The lowest BCUT2D eigenvalue weighted by Gasteiger charge is -2.60. The van der Waals surface area contributed by atoms with Crippen LogP contribution < -0.4 is 10.1 Å². The van der Waals surface area contributed by atoms with E-state index in [1.165, 1.54) is 6.08 Å². The number of furan rings is 1. The number of benzene rings is 1. The van der Waals surface area contributed by atoms with Gasteiger partial charge in [-0.05, 0) is 86.6 Å². The molecule has 1 saturated carbocycles. The summed E-state index contributed by atoms with van der Waals surface area (Å²) >= 11 is 0. The van der Waals surface area contributed by atoms with E-state index in [1.807, 2.05) is 6.92 Å². The summed E-state index contributed by atoms with van der Waals surface area (Å²) in [6.45, 7) is 6.06. The fraction of sp³-hybridized carbons (Fsp3) is 0.533. The summed E-state index contributed by atoms with van der Waals surface area (Å²) in [4.78, 5) is 37.3. The van der Waals surface area contributed by atoms with Crippen molar-refractivity contribution in [3.63, 3.8) is 0 Å². The van der Waals surface area contributed by atoms with E-state index < -0.39 is 23.9 Å². The maximum Gasteiger partial charge on any atom is 0.259 e. The molecule has 1 aromatic heterocycles. The van der Waals surface area contributed by atoms with Gasteiger partial charge in [-0.15, -0.1) is 0 Å². The third-order valence-corrected chi connectivity index (χ3v) is 8.91. The number of carbonyl (C=O) groups excluding carboxylic acids is 2. The molecule has 5 heterocycles. The molecular formula is C30H35NO8. The zero-order valence-corrected chi connectivity index (χ0v) is 22.5. The zero-order valence-electron chi connectivity index (χ0n) is 22.5. The van der Waals surface area contributed by atoms with E-state index in [-0.39, 0.29) is 36.1 Å². The van der Waals surface area contributed by atoms with Crippen LogP contribution in [0, 0.1) is 23.7 Å². The molecule has 2 aromatic rings. The standard InChI is InChI=1S/C30H35NO8/c1-18-6-12-24-19(2)27(36-28-30(24)23(18)14-15-29(3,37-28)38-39-30)31-26(33)17-35-22-9-7-20(8-10-22)25(32)13-11-21-5-4-16-34-21/h4-5,7-11,13,16,18-19,23-24,27-28H,6,12,14-15,17H2,1-3H3,(H,31,33)/b13-11+/t18-,19-,23+,24+,27+,28-,29-,30-/m1/s1. The van der Waals surface area contributed by atoms with Gasteiger partial charge >= 0.3 is 0 Å². The quantitative estimate of drug-likeness (QED) is 0.303. The van der Waals surface area contributed by atoms with Crippen LogP contribution in [-0.2, 0) is 24.0 Å². The number of ketones is 1. The fourth-order valence-electron chi connectivity index (χ4n) is 6.77. The normalized spacial score (nSPS) is 37.2. The predicted octanol–water partition coefficient (Wildman–Crippen LogP) is 4.88. The van der Waals surface area contributed by atoms with Crippen molar-refractivity contribution in [2.24, 2.45) is 23.7 Å². The number of ether oxygens (including phenoxy) is 3. The number of nitrogens with one attached hydrogen (secondary N) is 1. The smallest absolute Gasteiger partial charge is 0.259 e. The van der Waals surface area contributed by atoms with Gasteiger partial charge in [-0.1, -0.05) is 13.8 Å². The minimum Gasteiger partial charge on any atom is -0.484 e. The summed E-state index contributed by atoms with van der Waals surface area (Å²) in [6.07, 6.45) is 7.20. The molecule has 8 atom stereocenters. The second kappa shape index (κ2) is 10.2. The molecule has 4 saturated heterocycles. The SMILES string of the molecule is C[C@H]1[C@@H](NC(=O)COc2ccc(C(=O)/C=C/c3ccco3)cc2)O[C@@H]2O[C@@]3(C)CC[C@H]4[C@H](C)CC[C@@H]1[C@@]24OO3. The Kier molecular flexibility index (Phi) is 6.87. The Morgan fingerprint density at radius 2 is 1.90 bits per heavy atom. The molecule has 1 amide bonds. The van der Waals surface area contributed by atoms with Gasteiger partial charge in [0.25, 0.3) is 5.91 Å². The Labute approximate surface area is 227 Å². The lowest BCUT2D eigenvalue weighted by atomic mass is 9.58. The molecule has 9 heteroatoms. The van der Waals surface area contributed by atoms with Crippen molar-refractivity contribution >= 4 is 17.8 Å². The van der Waals surface area contributed by atoms with E-state index in [0.29, 0.717) is 23.0 Å². The number of allylic oxidation sites excluding steroid dienone is 1. The molecule has 9 nitrogen and oxygen atoms in total. The fourth-order valence-corrected chi connectivity index (χ4v) is 6.77. The van der Waals surface area contributed by atoms with Gasteiger partial charge in [-0.25, -0.2) is 9.78 Å². The number of rotatable bonds is 7. The van der Waals surface area contributed by atoms with Crippen molar-refractivity contribution in [1.29, 1.82) is 0 Å². The summed E-state index contributed by atoms with van der Waals surface area (Å²) in [7, 11) is 0. The second-order valence-corrected chi connectivity index (χ2v) is 11.4. The maximum absolute atomic E-state index is 12.9. The topological polar surface area (TPSA) is 105 Å². The number of hydrogen-bond donors (Lipinski definition) is 1. The van der Waals surface area contributed by atoms with E-state index in [9.17, 15) is 9.59 Å². The zero-order chi connectivity index (χ0) is 27.2. The van der Waals surface area contributed by atoms with Crippen LogP contribution in [0.15, 0.2) is 53.2 Å². The molecule has 1 N–H and O–H groups in total. The first-order valence-corrected chi connectivity index (χ1v) is 13.8. The van der Waals surface area contributed by atoms with E-state index in [0.717, 1.165) is 25.7 Å². The van der Waals surface area contributed by atoms with Crippen LogP contribution in [0.1, 0.15) is 62.6 Å². The van der Waals surface area contributed by atoms with Gasteiger partial charge in [-0.3, -0.25) is 9.59 Å². The van der Waals surface area contributed by atoms with Crippen LogP contribution in [0.3, 0.4) is 0 Å². The number of hydrogen-bond acceptors (Lipinski definition) is 8. The largest absolute Gasteiger partial charge is 0.484 e. The van der Waals surface area contributed by atoms with Crippen LogP contribution in [0.5, 0.6) is 5.75 Å². The number of fused-ring (bicyclic) bond motifs is 2. The van der Waals surface area contributed by atoms with Crippen molar-refractivity contribution < 1.29 is 38.0 Å². The van der Waals surface area contributed by atoms with Gasteiger partial charge in [0, 0.05) is 23.8 Å². The Morgan fingerprint density at radius 3 is 2.67 bits per heavy atom. The summed E-state index contributed by atoms with van der Waals surface area (Å²) in [5, 5.41) is 3.00. The van der Waals surface area contributed by atoms with Crippen LogP contribution in [-0.4, -0.2) is 42.2 Å². The Balaban J connectivity index is 1.07. The first-order chi connectivity index (χ1) is 18.8. The van der Waals surface area contributed by atoms with Gasteiger partial charge in [0.05, 0.1) is 6.26 Å². The first kappa shape index (κ1) is 26.3. The molecule has 1 aromatic carbocycles. The molecule has 7 rings (SSSR count). The number of carbonyl (C=O) groups is 2. The molecule has 0 radical (unpaired) electrons. The van der Waals surface area contributed by atoms with Gasteiger partial charge in [0.2, 0.25) is 5.79 Å². The predicted molar refractivity (Wildman–Crippen MR) is 139 cm³/mol. The minimum atomic E-state index is -0.863. The van der Waals surface area contributed by atoms with Crippen molar-refractivity contribution in [2.45, 2.75) is 70.4 Å². The van der Waals surface area contributed by atoms with Crippen LogP contribution in [0.4, 0.5) is 0 Å². The van der Waals surface area contributed by atoms with Gasteiger partial charge in [0.1, 0.15) is 17.7 Å². The molecule has 2 bridgehead atoms. The van der Waals surface area contributed by atoms with E-state index in [2.05, 4.69) is 19.2 Å². The Hall–Kier alpha value is -2.98. The number of amides is 1. The molecule has 5 aliphatic rings. The monoisotopic (exact) mass is 537 g/mol. The average Bonchev–Trinajstić information content (AvgIpc) is 3.35.